The van der Waals surface area contributed by atoms with Crippen LogP contribution in [0.2, 0.25) is 5.02 Å². The largest absolute Gasteiger partial charge is 0.307 e. The van der Waals surface area contributed by atoms with Crippen molar-refractivity contribution in [2.24, 2.45) is 0 Å². The number of hydrogen-bond acceptors (Lipinski definition) is 4. The Balaban J connectivity index is 1.83. The molecule has 140 valence electrons. The lowest BCUT2D eigenvalue weighted by Crippen LogP contribution is -2.17. The first kappa shape index (κ1) is 19.1. The summed E-state index contributed by atoms with van der Waals surface area (Å²) in [6.45, 7) is 2.22. The van der Waals surface area contributed by atoms with Crippen LogP contribution >= 0.6 is 11.6 Å². The van der Waals surface area contributed by atoms with Crippen molar-refractivity contribution in [3.05, 3.63) is 76.4 Å². The number of aromatic nitrogens is 2. The van der Waals surface area contributed by atoms with Gasteiger partial charge < -0.3 is 5.32 Å². The second-order valence-electron chi connectivity index (χ2n) is 6.20. The van der Waals surface area contributed by atoms with Crippen LogP contribution in [-0.2, 0) is 16.4 Å². The summed E-state index contributed by atoms with van der Waals surface area (Å²) in [6, 6.07) is 13.5. The van der Waals surface area contributed by atoms with Gasteiger partial charge in [-0.1, -0.05) is 29.8 Å². The average molecular weight is 404 g/mol. The van der Waals surface area contributed by atoms with E-state index in [0.29, 0.717) is 28.5 Å². The highest BCUT2D eigenvalue weighted by Crippen LogP contribution is 2.18. The first-order chi connectivity index (χ1) is 12.7. The third-order valence-corrected chi connectivity index (χ3v) is 5.45. The van der Waals surface area contributed by atoms with Gasteiger partial charge in [0.2, 0.25) is 0 Å². The Morgan fingerprint density at radius 3 is 2.52 bits per heavy atom. The molecule has 0 saturated heterocycles. The van der Waals surface area contributed by atoms with E-state index in [1.54, 1.807) is 42.1 Å². The average Bonchev–Trinajstić information content (AvgIpc) is 3.03. The number of sulfone groups is 1. The molecule has 1 heterocycles. The van der Waals surface area contributed by atoms with Gasteiger partial charge in [0.15, 0.2) is 9.84 Å². The van der Waals surface area contributed by atoms with Gasteiger partial charge in [-0.15, -0.1) is 0 Å². The SMILES string of the molecule is Cc1ccc(S(C)(=O)=O)cc1C(=O)Nc1ccnn1Cc1ccc(Cl)cc1. The first-order valence-corrected chi connectivity index (χ1v) is 10.4. The summed E-state index contributed by atoms with van der Waals surface area (Å²) >= 11 is 5.90. The molecular formula is C19H18ClN3O3S. The van der Waals surface area contributed by atoms with E-state index in [4.69, 9.17) is 11.6 Å². The third-order valence-electron chi connectivity index (χ3n) is 4.09. The fourth-order valence-electron chi connectivity index (χ4n) is 2.59. The van der Waals surface area contributed by atoms with E-state index in [1.165, 1.54) is 12.1 Å². The highest BCUT2D eigenvalue weighted by Gasteiger charge is 2.16. The summed E-state index contributed by atoms with van der Waals surface area (Å²) in [5.41, 5.74) is 1.97. The second kappa shape index (κ2) is 7.54. The number of halogens is 1. The van der Waals surface area contributed by atoms with Crippen molar-refractivity contribution in [2.75, 3.05) is 11.6 Å². The Labute approximate surface area is 162 Å². The van der Waals surface area contributed by atoms with Crippen molar-refractivity contribution in [2.45, 2.75) is 18.4 Å². The van der Waals surface area contributed by atoms with Gasteiger partial charge >= 0.3 is 0 Å². The minimum absolute atomic E-state index is 0.105. The molecule has 0 spiro atoms. The van der Waals surface area contributed by atoms with Crippen LogP contribution in [0.25, 0.3) is 0 Å². The topological polar surface area (TPSA) is 81.1 Å². The maximum Gasteiger partial charge on any atom is 0.257 e. The second-order valence-corrected chi connectivity index (χ2v) is 8.66. The van der Waals surface area contributed by atoms with Gasteiger partial charge in [-0.2, -0.15) is 5.10 Å². The molecule has 0 fully saturated rings. The fraction of sp³-hybridized carbons (Fsp3) is 0.158. The molecule has 3 rings (SSSR count). The predicted molar refractivity (Wildman–Crippen MR) is 105 cm³/mol. The lowest BCUT2D eigenvalue weighted by molar-refractivity contribution is 0.102. The van der Waals surface area contributed by atoms with E-state index < -0.39 is 15.7 Å². The van der Waals surface area contributed by atoms with E-state index in [0.717, 1.165) is 11.8 Å². The van der Waals surface area contributed by atoms with E-state index in [9.17, 15) is 13.2 Å². The molecule has 0 radical (unpaired) electrons. The lowest BCUT2D eigenvalue weighted by Gasteiger charge is -2.11. The minimum Gasteiger partial charge on any atom is -0.307 e. The van der Waals surface area contributed by atoms with Crippen molar-refractivity contribution in [1.29, 1.82) is 0 Å². The van der Waals surface area contributed by atoms with Crippen molar-refractivity contribution < 1.29 is 13.2 Å². The number of benzene rings is 2. The van der Waals surface area contributed by atoms with Gasteiger partial charge in [0.25, 0.3) is 5.91 Å². The van der Waals surface area contributed by atoms with Gasteiger partial charge in [0.1, 0.15) is 5.82 Å². The Morgan fingerprint density at radius 2 is 1.85 bits per heavy atom. The summed E-state index contributed by atoms with van der Waals surface area (Å²) in [4.78, 5) is 12.8. The Bertz CT molecular complexity index is 1090. The molecule has 0 aliphatic heterocycles. The molecule has 0 aliphatic carbocycles. The zero-order chi connectivity index (χ0) is 19.6. The molecule has 3 aromatic rings. The van der Waals surface area contributed by atoms with Crippen molar-refractivity contribution in [3.63, 3.8) is 0 Å². The van der Waals surface area contributed by atoms with Crippen LogP contribution in [0, 0.1) is 6.92 Å². The molecule has 1 aromatic heterocycles. The number of nitrogens with one attached hydrogen (secondary N) is 1. The van der Waals surface area contributed by atoms with Crippen LogP contribution in [0.4, 0.5) is 5.82 Å². The quantitative estimate of drug-likeness (QED) is 0.706. The summed E-state index contributed by atoms with van der Waals surface area (Å²) in [5, 5.41) is 7.68. The normalized spacial score (nSPS) is 11.4. The molecule has 1 N–H and O–H groups in total. The highest BCUT2D eigenvalue weighted by atomic mass is 35.5. The van der Waals surface area contributed by atoms with Gasteiger partial charge in [-0.25, -0.2) is 13.1 Å². The number of anilines is 1. The van der Waals surface area contributed by atoms with Crippen molar-refractivity contribution in [3.8, 4) is 0 Å². The maximum atomic E-state index is 12.7. The molecule has 0 saturated carbocycles. The van der Waals surface area contributed by atoms with E-state index in [1.807, 2.05) is 12.1 Å². The molecule has 8 heteroatoms. The standard InChI is InChI=1S/C19H18ClN3O3S/c1-13-3-8-16(27(2,25)26)11-17(13)19(24)22-18-9-10-21-23(18)12-14-4-6-15(20)7-5-14/h3-11H,12H2,1-2H3,(H,22,24). The molecule has 2 aromatic carbocycles. The van der Waals surface area contributed by atoms with E-state index in [-0.39, 0.29) is 4.90 Å². The van der Waals surface area contributed by atoms with Crippen molar-refractivity contribution >= 4 is 33.2 Å². The summed E-state index contributed by atoms with van der Waals surface area (Å²) in [7, 11) is -3.40. The first-order valence-electron chi connectivity index (χ1n) is 8.12. The van der Waals surface area contributed by atoms with E-state index >= 15 is 0 Å². The molecule has 27 heavy (non-hydrogen) atoms. The van der Waals surface area contributed by atoms with Crippen LogP contribution in [0.1, 0.15) is 21.5 Å². The summed E-state index contributed by atoms with van der Waals surface area (Å²) in [6.07, 6.45) is 2.70. The molecule has 6 nitrogen and oxygen atoms in total. The monoisotopic (exact) mass is 403 g/mol. The zero-order valence-electron chi connectivity index (χ0n) is 14.8. The molecule has 0 aliphatic rings. The number of hydrogen-bond donors (Lipinski definition) is 1. The minimum atomic E-state index is -3.40. The Kier molecular flexibility index (Phi) is 5.34. The van der Waals surface area contributed by atoms with Gasteiger partial charge in [-0.05, 0) is 42.3 Å². The van der Waals surface area contributed by atoms with Gasteiger partial charge in [0.05, 0.1) is 17.6 Å². The number of nitrogens with zero attached hydrogens (tertiary/aromatic N) is 2. The molecule has 0 unspecified atom stereocenters. The lowest BCUT2D eigenvalue weighted by atomic mass is 10.1. The third kappa shape index (κ3) is 4.56. The zero-order valence-corrected chi connectivity index (χ0v) is 16.4. The smallest absolute Gasteiger partial charge is 0.257 e. The number of amides is 1. The number of rotatable bonds is 5. The highest BCUT2D eigenvalue weighted by molar-refractivity contribution is 7.90. The predicted octanol–water partition coefficient (Wildman–Crippen LogP) is 3.55. The molecular weight excluding hydrogens is 386 g/mol. The molecule has 0 atom stereocenters. The van der Waals surface area contributed by atoms with E-state index in [2.05, 4.69) is 10.4 Å². The summed E-state index contributed by atoms with van der Waals surface area (Å²) < 4.78 is 25.2. The van der Waals surface area contributed by atoms with Crippen LogP contribution in [0.3, 0.4) is 0 Å². The van der Waals surface area contributed by atoms with Gasteiger partial charge in [-0.3, -0.25) is 4.79 Å². The number of carbonyl (C=O) groups excluding carboxylic acids is 1. The Hall–Kier alpha value is -2.64. The number of aryl methyl sites for hydroxylation is 1. The number of carbonyl (C=O) groups is 1. The van der Waals surface area contributed by atoms with Gasteiger partial charge in [0, 0.05) is 22.9 Å². The van der Waals surface area contributed by atoms with Crippen molar-refractivity contribution in [1.82, 2.24) is 9.78 Å². The Morgan fingerprint density at radius 1 is 1.15 bits per heavy atom. The van der Waals surface area contributed by atoms with Crippen LogP contribution < -0.4 is 5.32 Å². The fourth-order valence-corrected chi connectivity index (χ4v) is 3.36. The van der Waals surface area contributed by atoms with Crippen LogP contribution in [-0.4, -0.2) is 30.4 Å². The molecule has 1 amide bonds. The maximum absolute atomic E-state index is 12.7. The summed E-state index contributed by atoms with van der Waals surface area (Å²) in [5.74, 6) is 0.120. The molecule has 0 bridgehead atoms. The van der Waals surface area contributed by atoms with Crippen LogP contribution in [0.15, 0.2) is 59.6 Å². The van der Waals surface area contributed by atoms with Crippen LogP contribution in [0.5, 0.6) is 0 Å².